The summed E-state index contributed by atoms with van der Waals surface area (Å²) in [4.78, 5) is 2.26. The fourth-order valence-corrected chi connectivity index (χ4v) is 4.21. The standard InChI is InChI=1S/C20H25NO5S/c1-25-18-13-16-9-11-21(10-6-12-27(22,23)24)20(15-7-4-3-5-8-15)17(16)14-19(18)26-2/h3-5,7-8,13-14,20H,6,9-12H2,1-2H3,(H,22,23,24)/t20-/m0/s1. The minimum Gasteiger partial charge on any atom is -0.493 e. The van der Waals surface area contributed by atoms with Crippen LogP contribution in [0, 0.1) is 0 Å². The van der Waals surface area contributed by atoms with Crippen molar-refractivity contribution >= 4 is 10.1 Å². The molecule has 1 N–H and O–H groups in total. The summed E-state index contributed by atoms with van der Waals surface area (Å²) in [6.07, 6.45) is 1.22. The van der Waals surface area contributed by atoms with Crippen LogP contribution in [-0.4, -0.2) is 50.9 Å². The van der Waals surface area contributed by atoms with E-state index in [-0.39, 0.29) is 11.8 Å². The second kappa shape index (κ2) is 8.29. The van der Waals surface area contributed by atoms with Crippen LogP contribution in [0.25, 0.3) is 0 Å². The largest absolute Gasteiger partial charge is 0.493 e. The zero-order valence-electron chi connectivity index (χ0n) is 15.6. The van der Waals surface area contributed by atoms with E-state index in [0.717, 1.165) is 24.1 Å². The first-order chi connectivity index (χ1) is 12.9. The van der Waals surface area contributed by atoms with Gasteiger partial charge in [0.2, 0.25) is 0 Å². The lowest BCUT2D eigenvalue weighted by molar-refractivity contribution is 0.212. The average molecular weight is 391 g/mol. The van der Waals surface area contributed by atoms with E-state index in [0.29, 0.717) is 24.5 Å². The Kier molecular flexibility index (Phi) is 6.04. The number of hydrogen-bond donors (Lipinski definition) is 1. The van der Waals surface area contributed by atoms with E-state index in [4.69, 9.17) is 14.0 Å². The number of methoxy groups -OCH3 is 2. The lowest BCUT2D eigenvalue weighted by Gasteiger charge is -2.38. The Bertz CT molecular complexity index is 883. The monoisotopic (exact) mass is 391 g/mol. The topological polar surface area (TPSA) is 76.1 Å². The van der Waals surface area contributed by atoms with Crippen molar-refractivity contribution in [2.24, 2.45) is 0 Å². The van der Waals surface area contributed by atoms with Crippen molar-refractivity contribution in [1.29, 1.82) is 0 Å². The molecule has 1 heterocycles. The van der Waals surface area contributed by atoms with E-state index in [2.05, 4.69) is 17.0 Å². The van der Waals surface area contributed by atoms with Crippen LogP contribution < -0.4 is 9.47 Å². The van der Waals surface area contributed by atoms with Gasteiger partial charge in [-0.2, -0.15) is 8.42 Å². The maximum atomic E-state index is 11.1. The molecule has 3 rings (SSSR count). The zero-order valence-corrected chi connectivity index (χ0v) is 16.4. The Morgan fingerprint density at radius 1 is 1.11 bits per heavy atom. The van der Waals surface area contributed by atoms with Gasteiger partial charge in [-0.25, -0.2) is 0 Å². The highest BCUT2D eigenvalue weighted by Gasteiger charge is 2.30. The molecule has 0 bridgehead atoms. The van der Waals surface area contributed by atoms with E-state index in [9.17, 15) is 8.42 Å². The maximum Gasteiger partial charge on any atom is 0.264 e. The Balaban J connectivity index is 1.98. The summed E-state index contributed by atoms with van der Waals surface area (Å²) in [5.74, 6) is 1.16. The van der Waals surface area contributed by atoms with E-state index >= 15 is 0 Å². The molecule has 27 heavy (non-hydrogen) atoms. The highest BCUT2D eigenvalue weighted by molar-refractivity contribution is 7.85. The Morgan fingerprint density at radius 3 is 2.41 bits per heavy atom. The first kappa shape index (κ1) is 19.7. The van der Waals surface area contributed by atoms with Crippen LogP contribution in [0.1, 0.15) is 29.2 Å². The summed E-state index contributed by atoms with van der Waals surface area (Å²) in [6.45, 7) is 1.38. The molecular formula is C20H25NO5S. The summed E-state index contributed by atoms with van der Waals surface area (Å²) in [6, 6.07) is 14.2. The molecule has 0 unspecified atom stereocenters. The highest BCUT2D eigenvalue weighted by atomic mass is 32.2. The van der Waals surface area contributed by atoms with Crippen molar-refractivity contribution in [3.05, 3.63) is 59.2 Å². The number of hydrogen-bond acceptors (Lipinski definition) is 5. The van der Waals surface area contributed by atoms with Crippen molar-refractivity contribution in [3.63, 3.8) is 0 Å². The molecule has 1 aliphatic rings. The second-order valence-corrected chi connectivity index (χ2v) is 8.22. The van der Waals surface area contributed by atoms with Crippen molar-refractivity contribution in [1.82, 2.24) is 4.90 Å². The predicted octanol–water partition coefficient (Wildman–Crippen LogP) is 2.93. The summed E-state index contributed by atoms with van der Waals surface area (Å²) < 4.78 is 42.1. The molecule has 7 heteroatoms. The third-order valence-corrected chi connectivity index (χ3v) is 5.74. The lowest BCUT2D eigenvalue weighted by Crippen LogP contribution is -2.37. The number of rotatable bonds is 7. The molecule has 146 valence electrons. The molecule has 6 nitrogen and oxygen atoms in total. The third kappa shape index (κ3) is 4.61. The maximum absolute atomic E-state index is 11.1. The fourth-order valence-electron chi connectivity index (χ4n) is 3.71. The van der Waals surface area contributed by atoms with Gasteiger partial charge in [-0.15, -0.1) is 0 Å². The van der Waals surface area contributed by atoms with Gasteiger partial charge in [0.05, 0.1) is 26.0 Å². The van der Waals surface area contributed by atoms with Gasteiger partial charge in [-0.1, -0.05) is 30.3 Å². The molecule has 0 fully saturated rings. The van der Waals surface area contributed by atoms with Gasteiger partial charge in [-0.05, 0) is 41.7 Å². The zero-order chi connectivity index (χ0) is 19.4. The molecule has 0 spiro atoms. The molecule has 0 aliphatic carbocycles. The van der Waals surface area contributed by atoms with Gasteiger partial charge in [0.15, 0.2) is 11.5 Å². The first-order valence-electron chi connectivity index (χ1n) is 8.92. The third-order valence-electron chi connectivity index (χ3n) is 4.94. The van der Waals surface area contributed by atoms with Gasteiger partial charge in [0.25, 0.3) is 10.1 Å². The Morgan fingerprint density at radius 2 is 1.78 bits per heavy atom. The highest BCUT2D eigenvalue weighted by Crippen LogP contribution is 2.40. The Labute approximate surface area is 160 Å². The number of ether oxygens (including phenoxy) is 2. The van der Waals surface area contributed by atoms with Gasteiger partial charge in [0, 0.05) is 13.1 Å². The summed E-state index contributed by atoms with van der Waals surface area (Å²) in [7, 11) is -0.703. The van der Waals surface area contributed by atoms with E-state index in [1.54, 1.807) is 14.2 Å². The molecular weight excluding hydrogens is 366 g/mol. The Hall–Kier alpha value is -2.09. The minimum atomic E-state index is -3.95. The van der Waals surface area contributed by atoms with Crippen LogP contribution in [0.5, 0.6) is 11.5 Å². The van der Waals surface area contributed by atoms with Crippen LogP contribution in [0.4, 0.5) is 0 Å². The fraction of sp³-hybridized carbons (Fsp3) is 0.400. The molecule has 2 aromatic carbocycles. The number of nitrogens with zero attached hydrogens (tertiary/aromatic N) is 1. The quantitative estimate of drug-likeness (QED) is 0.732. The molecule has 0 aromatic heterocycles. The second-order valence-electron chi connectivity index (χ2n) is 6.64. The van der Waals surface area contributed by atoms with Crippen molar-refractivity contribution in [2.45, 2.75) is 18.9 Å². The molecule has 0 amide bonds. The summed E-state index contributed by atoms with van der Waals surface area (Å²) in [5, 5.41) is 0. The van der Waals surface area contributed by atoms with Crippen molar-refractivity contribution in [2.75, 3.05) is 33.1 Å². The van der Waals surface area contributed by atoms with Gasteiger partial charge in [0.1, 0.15) is 0 Å². The van der Waals surface area contributed by atoms with Gasteiger partial charge >= 0.3 is 0 Å². The van der Waals surface area contributed by atoms with Gasteiger partial charge < -0.3 is 9.47 Å². The predicted molar refractivity (Wildman–Crippen MR) is 104 cm³/mol. The molecule has 1 aliphatic heterocycles. The van der Waals surface area contributed by atoms with Crippen LogP contribution in [0.2, 0.25) is 0 Å². The summed E-state index contributed by atoms with van der Waals surface area (Å²) in [5.41, 5.74) is 3.47. The molecule has 0 saturated carbocycles. The van der Waals surface area contributed by atoms with Crippen LogP contribution in [0.3, 0.4) is 0 Å². The van der Waals surface area contributed by atoms with Crippen molar-refractivity contribution in [3.8, 4) is 11.5 Å². The van der Waals surface area contributed by atoms with Crippen LogP contribution >= 0.6 is 0 Å². The van der Waals surface area contributed by atoms with Gasteiger partial charge in [-0.3, -0.25) is 9.45 Å². The number of fused-ring (bicyclic) bond motifs is 1. The first-order valence-corrected chi connectivity index (χ1v) is 10.5. The molecule has 0 saturated heterocycles. The molecule has 0 radical (unpaired) electrons. The van der Waals surface area contributed by atoms with Crippen LogP contribution in [0.15, 0.2) is 42.5 Å². The molecule has 2 aromatic rings. The van der Waals surface area contributed by atoms with E-state index in [1.807, 2.05) is 30.3 Å². The lowest BCUT2D eigenvalue weighted by atomic mass is 9.87. The van der Waals surface area contributed by atoms with Crippen molar-refractivity contribution < 1.29 is 22.4 Å². The SMILES string of the molecule is COc1cc2c(cc1OC)[C@H](c1ccccc1)N(CCCS(=O)(=O)O)CC2. The van der Waals surface area contributed by atoms with Crippen LogP contribution in [-0.2, 0) is 16.5 Å². The summed E-state index contributed by atoms with van der Waals surface area (Å²) >= 11 is 0. The van der Waals surface area contributed by atoms with E-state index < -0.39 is 10.1 Å². The average Bonchev–Trinajstić information content (AvgIpc) is 2.66. The molecule has 1 atom stereocenters. The minimum absolute atomic E-state index is 0.00356. The normalized spacial score (nSPS) is 17.4. The van der Waals surface area contributed by atoms with E-state index in [1.165, 1.54) is 5.56 Å². The number of benzene rings is 2. The smallest absolute Gasteiger partial charge is 0.264 e.